The molecule has 0 aliphatic rings. The van der Waals surface area contributed by atoms with Crippen molar-refractivity contribution in [3.63, 3.8) is 0 Å². The quantitative estimate of drug-likeness (QED) is 0.694. The lowest BCUT2D eigenvalue weighted by Crippen LogP contribution is -2.33. The van der Waals surface area contributed by atoms with E-state index in [-0.39, 0.29) is 0 Å². The third-order valence-corrected chi connectivity index (χ3v) is 5.12. The molecule has 1 aromatic heterocycles. The van der Waals surface area contributed by atoms with Gasteiger partial charge >= 0.3 is 0 Å². The molecule has 0 spiro atoms. The zero-order valence-electron chi connectivity index (χ0n) is 11.5. The van der Waals surface area contributed by atoms with E-state index in [4.69, 9.17) is 11.6 Å². The van der Waals surface area contributed by atoms with Crippen molar-refractivity contribution >= 4 is 38.9 Å². The predicted molar refractivity (Wildman–Crippen MR) is 93.0 cm³/mol. The predicted octanol–water partition coefficient (Wildman–Crippen LogP) is 5.32. The highest BCUT2D eigenvalue weighted by Gasteiger charge is 2.11. The Morgan fingerprint density at radius 2 is 2.00 bits per heavy atom. The molecule has 2 aromatic rings. The van der Waals surface area contributed by atoms with Crippen LogP contribution in [0.3, 0.4) is 0 Å². The van der Waals surface area contributed by atoms with E-state index >= 15 is 0 Å². The van der Waals surface area contributed by atoms with E-state index in [2.05, 4.69) is 51.7 Å². The molecule has 0 fully saturated rings. The Balaban J connectivity index is 2.00. The molecule has 0 amide bonds. The Morgan fingerprint density at radius 3 is 2.60 bits per heavy atom. The van der Waals surface area contributed by atoms with E-state index in [9.17, 15) is 0 Å². The Hall–Kier alpha value is -0.350. The first kappa shape index (κ1) is 16.0. The highest BCUT2D eigenvalue weighted by Crippen LogP contribution is 2.22. The largest absolute Gasteiger partial charge is 0.313 e. The van der Waals surface area contributed by atoms with Gasteiger partial charge in [0.2, 0.25) is 0 Å². The van der Waals surface area contributed by atoms with E-state index < -0.39 is 0 Å². The van der Waals surface area contributed by atoms with Gasteiger partial charge in [0.1, 0.15) is 0 Å². The second kappa shape index (κ2) is 8.18. The van der Waals surface area contributed by atoms with Crippen LogP contribution in [-0.2, 0) is 12.8 Å². The summed E-state index contributed by atoms with van der Waals surface area (Å²) in [4.78, 5) is 1.42. The van der Waals surface area contributed by atoms with Crippen LogP contribution < -0.4 is 5.32 Å². The van der Waals surface area contributed by atoms with Gasteiger partial charge in [0.15, 0.2) is 0 Å². The molecule has 1 heterocycles. The normalized spacial score (nSPS) is 12.6. The molecule has 0 bridgehead atoms. The van der Waals surface area contributed by atoms with Gasteiger partial charge < -0.3 is 5.32 Å². The first-order valence-corrected chi connectivity index (χ1v) is 8.93. The Labute approximate surface area is 138 Å². The van der Waals surface area contributed by atoms with E-state index in [1.165, 1.54) is 14.9 Å². The molecule has 0 aliphatic heterocycles. The Kier molecular flexibility index (Phi) is 6.56. The molecule has 1 nitrogen and oxygen atoms in total. The molecule has 20 heavy (non-hydrogen) atoms. The standard InChI is InChI=1S/C16H19BrClNS/c1-2-7-19-15(10-16-9-13(17)11-20-16)8-12-3-5-14(18)6-4-12/h3-6,9,11,15,19H,2,7-8,10H2,1H3. The maximum Gasteiger partial charge on any atom is 0.0406 e. The molecular formula is C16H19BrClNS. The van der Waals surface area contributed by atoms with Crippen molar-refractivity contribution < 1.29 is 0 Å². The minimum absolute atomic E-state index is 0.474. The van der Waals surface area contributed by atoms with Crippen molar-refractivity contribution in [3.8, 4) is 0 Å². The lowest BCUT2D eigenvalue weighted by atomic mass is 10.0. The van der Waals surface area contributed by atoms with Gasteiger partial charge in [0.25, 0.3) is 0 Å². The van der Waals surface area contributed by atoms with Crippen LogP contribution in [0.5, 0.6) is 0 Å². The minimum Gasteiger partial charge on any atom is -0.313 e. The Bertz CT molecular complexity index is 524. The van der Waals surface area contributed by atoms with Crippen LogP contribution >= 0.6 is 38.9 Å². The van der Waals surface area contributed by atoms with Crippen LogP contribution in [0, 0.1) is 0 Å². The van der Waals surface area contributed by atoms with Gasteiger partial charge in [-0.25, -0.2) is 0 Å². The molecule has 1 aromatic carbocycles. The maximum atomic E-state index is 5.95. The average Bonchev–Trinajstić information content (AvgIpc) is 2.84. The lowest BCUT2D eigenvalue weighted by Gasteiger charge is -2.18. The maximum absolute atomic E-state index is 5.95. The van der Waals surface area contributed by atoms with Crippen LogP contribution in [0.4, 0.5) is 0 Å². The number of halogens is 2. The minimum atomic E-state index is 0.474. The van der Waals surface area contributed by atoms with Crippen LogP contribution in [-0.4, -0.2) is 12.6 Å². The number of thiophene rings is 1. The van der Waals surface area contributed by atoms with Gasteiger partial charge in [-0.2, -0.15) is 0 Å². The smallest absolute Gasteiger partial charge is 0.0406 e. The number of hydrogen-bond acceptors (Lipinski definition) is 2. The zero-order valence-corrected chi connectivity index (χ0v) is 14.7. The molecule has 2 rings (SSSR count). The molecule has 0 saturated heterocycles. The topological polar surface area (TPSA) is 12.0 Å². The number of rotatable bonds is 7. The second-order valence-electron chi connectivity index (χ2n) is 4.92. The summed E-state index contributed by atoms with van der Waals surface area (Å²) in [5.74, 6) is 0. The van der Waals surface area contributed by atoms with Crippen LogP contribution in [0.2, 0.25) is 5.02 Å². The van der Waals surface area contributed by atoms with E-state index in [0.717, 1.165) is 30.8 Å². The third-order valence-electron chi connectivity index (χ3n) is 3.15. The van der Waals surface area contributed by atoms with E-state index in [1.54, 1.807) is 0 Å². The van der Waals surface area contributed by atoms with Crippen LogP contribution in [0.25, 0.3) is 0 Å². The molecule has 0 saturated carbocycles. The molecule has 1 N–H and O–H groups in total. The van der Waals surface area contributed by atoms with Crippen molar-refractivity contribution in [2.45, 2.75) is 32.2 Å². The van der Waals surface area contributed by atoms with Gasteiger partial charge in [0, 0.05) is 25.8 Å². The number of nitrogens with one attached hydrogen (secondary N) is 1. The first-order chi connectivity index (χ1) is 9.67. The van der Waals surface area contributed by atoms with Crippen molar-refractivity contribution in [2.75, 3.05) is 6.54 Å². The molecule has 1 unspecified atom stereocenters. The third kappa shape index (κ3) is 5.21. The molecule has 0 aliphatic carbocycles. The van der Waals surface area contributed by atoms with Crippen molar-refractivity contribution in [3.05, 3.63) is 55.6 Å². The highest BCUT2D eigenvalue weighted by atomic mass is 79.9. The number of benzene rings is 1. The SMILES string of the molecule is CCCNC(Cc1ccc(Cl)cc1)Cc1cc(Br)cs1. The fraction of sp³-hybridized carbons (Fsp3) is 0.375. The summed E-state index contributed by atoms with van der Waals surface area (Å²) in [6, 6.07) is 10.9. The van der Waals surface area contributed by atoms with E-state index in [0.29, 0.717) is 6.04 Å². The number of hydrogen-bond donors (Lipinski definition) is 1. The molecule has 4 heteroatoms. The fourth-order valence-corrected chi connectivity index (χ4v) is 3.83. The molecule has 108 valence electrons. The fourth-order valence-electron chi connectivity index (χ4n) is 2.17. The lowest BCUT2D eigenvalue weighted by molar-refractivity contribution is 0.507. The van der Waals surface area contributed by atoms with Crippen LogP contribution in [0.1, 0.15) is 23.8 Å². The van der Waals surface area contributed by atoms with Gasteiger partial charge in [0.05, 0.1) is 0 Å². The summed E-state index contributed by atoms with van der Waals surface area (Å²) in [7, 11) is 0. The summed E-state index contributed by atoms with van der Waals surface area (Å²) >= 11 is 11.3. The summed E-state index contributed by atoms with van der Waals surface area (Å²) in [5, 5.41) is 6.60. The molecule has 0 radical (unpaired) electrons. The summed E-state index contributed by atoms with van der Waals surface area (Å²) in [6.45, 7) is 3.26. The van der Waals surface area contributed by atoms with Crippen molar-refractivity contribution in [1.29, 1.82) is 0 Å². The second-order valence-corrected chi connectivity index (χ2v) is 7.26. The highest BCUT2D eigenvalue weighted by molar-refractivity contribution is 9.10. The summed E-state index contributed by atoms with van der Waals surface area (Å²) in [5.41, 5.74) is 1.33. The molecule has 1 atom stereocenters. The van der Waals surface area contributed by atoms with Gasteiger partial charge in [-0.3, -0.25) is 0 Å². The van der Waals surface area contributed by atoms with Crippen molar-refractivity contribution in [1.82, 2.24) is 5.32 Å². The molecular weight excluding hydrogens is 354 g/mol. The zero-order chi connectivity index (χ0) is 14.4. The van der Waals surface area contributed by atoms with Gasteiger partial charge in [-0.05, 0) is 65.5 Å². The summed E-state index contributed by atoms with van der Waals surface area (Å²) < 4.78 is 1.18. The van der Waals surface area contributed by atoms with E-state index in [1.807, 2.05) is 23.5 Å². The first-order valence-electron chi connectivity index (χ1n) is 6.88. The van der Waals surface area contributed by atoms with Gasteiger partial charge in [-0.15, -0.1) is 11.3 Å². The monoisotopic (exact) mass is 371 g/mol. The summed E-state index contributed by atoms with van der Waals surface area (Å²) in [6.07, 6.45) is 3.26. The van der Waals surface area contributed by atoms with Crippen LogP contribution in [0.15, 0.2) is 40.2 Å². The Morgan fingerprint density at radius 1 is 1.25 bits per heavy atom. The van der Waals surface area contributed by atoms with Gasteiger partial charge in [-0.1, -0.05) is 30.7 Å². The van der Waals surface area contributed by atoms with Crippen molar-refractivity contribution in [2.24, 2.45) is 0 Å². The average molecular weight is 373 g/mol.